The molecule has 2 N–H and O–H groups in total. The molecule has 0 unspecified atom stereocenters. The molecule has 2 heterocycles. The predicted molar refractivity (Wildman–Crippen MR) is 83.6 cm³/mol. The van der Waals surface area contributed by atoms with E-state index in [4.69, 9.17) is 17.3 Å². The number of benzene rings is 1. The molecule has 3 nitrogen and oxygen atoms in total. The highest BCUT2D eigenvalue weighted by Gasteiger charge is 2.19. The van der Waals surface area contributed by atoms with Crippen LogP contribution in [0.5, 0.6) is 0 Å². The van der Waals surface area contributed by atoms with Crippen LogP contribution in [0.1, 0.15) is 23.2 Å². The average Bonchev–Trinajstić information content (AvgIpc) is 2.47. The van der Waals surface area contributed by atoms with Gasteiger partial charge in [0.15, 0.2) is 0 Å². The van der Waals surface area contributed by atoms with E-state index in [9.17, 15) is 0 Å². The highest BCUT2D eigenvalue weighted by molar-refractivity contribution is 6.31. The van der Waals surface area contributed by atoms with Crippen LogP contribution >= 0.6 is 11.6 Å². The fraction of sp³-hybridized carbons (Fsp3) is 0.312. The van der Waals surface area contributed by atoms with Crippen molar-refractivity contribution in [3.63, 3.8) is 0 Å². The quantitative estimate of drug-likeness (QED) is 0.918. The SMILES string of the molecule is Cc1ccc2c(c1)CCCN2c1ccc(Cl)c(CN)n1. The molecule has 0 spiro atoms. The second-order valence-corrected chi connectivity index (χ2v) is 5.60. The lowest BCUT2D eigenvalue weighted by Gasteiger charge is -2.31. The van der Waals surface area contributed by atoms with E-state index in [-0.39, 0.29) is 0 Å². The van der Waals surface area contributed by atoms with Crippen LogP contribution in [-0.4, -0.2) is 11.5 Å². The van der Waals surface area contributed by atoms with Crippen molar-refractivity contribution in [3.8, 4) is 0 Å². The number of anilines is 2. The minimum Gasteiger partial charge on any atom is -0.326 e. The van der Waals surface area contributed by atoms with E-state index in [2.05, 4.69) is 35.0 Å². The molecule has 1 aliphatic heterocycles. The zero-order valence-electron chi connectivity index (χ0n) is 11.6. The van der Waals surface area contributed by atoms with E-state index >= 15 is 0 Å². The van der Waals surface area contributed by atoms with Gasteiger partial charge in [0.05, 0.1) is 10.7 Å². The third-order valence-corrected chi connectivity index (χ3v) is 4.07. The van der Waals surface area contributed by atoms with Crippen LogP contribution < -0.4 is 10.6 Å². The van der Waals surface area contributed by atoms with Crippen molar-refractivity contribution in [1.82, 2.24) is 4.98 Å². The van der Waals surface area contributed by atoms with Crippen molar-refractivity contribution < 1.29 is 0 Å². The lowest BCUT2D eigenvalue weighted by molar-refractivity contribution is 0.756. The van der Waals surface area contributed by atoms with Crippen LogP contribution in [-0.2, 0) is 13.0 Å². The summed E-state index contributed by atoms with van der Waals surface area (Å²) in [7, 11) is 0. The van der Waals surface area contributed by atoms with Crippen molar-refractivity contribution in [2.45, 2.75) is 26.3 Å². The number of aromatic nitrogens is 1. The number of hydrogen-bond donors (Lipinski definition) is 1. The van der Waals surface area contributed by atoms with Crippen molar-refractivity contribution in [3.05, 3.63) is 52.2 Å². The van der Waals surface area contributed by atoms with E-state index in [0.717, 1.165) is 30.9 Å². The fourth-order valence-corrected chi connectivity index (χ4v) is 2.91. The Morgan fingerprint density at radius 2 is 2.15 bits per heavy atom. The van der Waals surface area contributed by atoms with Gasteiger partial charge < -0.3 is 10.6 Å². The zero-order valence-corrected chi connectivity index (χ0v) is 12.3. The molecule has 0 saturated carbocycles. The lowest BCUT2D eigenvalue weighted by atomic mass is 9.99. The summed E-state index contributed by atoms with van der Waals surface area (Å²) in [6.07, 6.45) is 2.27. The van der Waals surface area contributed by atoms with Gasteiger partial charge in [-0.05, 0) is 43.5 Å². The minimum absolute atomic E-state index is 0.362. The highest BCUT2D eigenvalue weighted by Crippen LogP contribution is 2.33. The summed E-state index contributed by atoms with van der Waals surface area (Å²) in [4.78, 5) is 6.86. The van der Waals surface area contributed by atoms with Gasteiger partial charge in [0.25, 0.3) is 0 Å². The molecule has 0 bridgehead atoms. The molecular formula is C16H18ClN3. The third-order valence-electron chi connectivity index (χ3n) is 3.73. The van der Waals surface area contributed by atoms with Crippen molar-refractivity contribution in [1.29, 1.82) is 0 Å². The molecule has 0 atom stereocenters. The van der Waals surface area contributed by atoms with Crippen LogP contribution in [0.25, 0.3) is 0 Å². The molecule has 20 heavy (non-hydrogen) atoms. The predicted octanol–water partition coefficient (Wildman–Crippen LogP) is 3.59. The Labute approximate surface area is 124 Å². The van der Waals surface area contributed by atoms with Crippen LogP contribution in [0.3, 0.4) is 0 Å². The summed E-state index contributed by atoms with van der Waals surface area (Å²) in [5.74, 6) is 0.930. The number of hydrogen-bond acceptors (Lipinski definition) is 3. The number of halogens is 1. The number of aryl methyl sites for hydroxylation is 2. The molecule has 3 rings (SSSR count). The molecule has 0 fully saturated rings. The number of pyridine rings is 1. The van der Waals surface area contributed by atoms with Gasteiger partial charge in [0, 0.05) is 18.8 Å². The first-order chi connectivity index (χ1) is 9.69. The number of fused-ring (bicyclic) bond motifs is 1. The molecule has 1 aromatic carbocycles. The molecule has 2 aromatic rings. The van der Waals surface area contributed by atoms with Crippen molar-refractivity contribution in [2.75, 3.05) is 11.4 Å². The van der Waals surface area contributed by atoms with Gasteiger partial charge in [0.1, 0.15) is 5.82 Å². The first kappa shape index (κ1) is 13.4. The Morgan fingerprint density at radius 1 is 1.30 bits per heavy atom. The van der Waals surface area contributed by atoms with E-state index in [0.29, 0.717) is 11.6 Å². The molecule has 0 radical (unpaired) electrons. The van der Waals surface area contributed by atoms with Gasteiger partial charge in [-0.2, -0.15) is 0 Å². The normalized spacial score (nSPS) is 14.2. The van der Waals surface area contributed by atoms with Crippen LogP contribution in [0, 0.1) is 6.92 Å². The Morgan fingerprint density at radius 3 is 2.95 bits per heavy atom. The van der Waals surface area contributed by atoms with Crippen LogP contribution in [0.2, 0.25) is 5.02 Å². The molecule has 1 aliphatic rings. The number of rotatable bonds is 2. The smallest absolute Gasteiger partial charge is 0.133 e. The standard InChI is InChI=1S/C16H18ClN3/c1-11-4-6-15-12(9-11)3-2-8-20(15)16-7-5-13(17)14(10-18)19-16/h4-7,9H,2-3,8,10,18H2,1H3. The summed E-state index contributed by atoms with van der Waals surface area (Å²) < 4.78 is 0. The average molecular weight is 288 g/mol. The van der Waals surface area contributed by atoms with Gasteiger partial charge in [0.2, 0.25) is 0 Å². The largest absolute Gasteiger partial charge is 0.326 e. The Bertz CT molecular complexity index is 640. The molecule has 0 amide bonds. The topological polar surface area (TPSA) is 42.1 Å². The maximum atomic E-state index is 6.10. The molecule has 0 aliphatic carbocycles. The monoisotopic (exact) mass is 287 g/mol. The van der Waals surface area contributed by atoms with E-state index < -0.39 is 0 Å². The third kappa shape index (κ3) is 2.39. The lowest BCUT2D eigenvalue weighted by Crippen LogP contribution is -2.25. The summed E-state index contributed by atoms with van der Waals surface area (Å²) in [5.41, 5.74) is 10.4. The maximum Gasteiger partial charge on any atom is 0.133 e. The molecule has 1 aromatic heterocycles. The van der Waals surface area contributed by atoms with Crippen LogP contribution in [0.4, 0.5) is 11.5 Å². The summed E-state index contributed by atoms with van der Waals surface area (Å²) >= 11 is 6.10. The molecule has 0 saturated heterocycles. The van der Waals surface area contributed by atoms with Gasteiger partial charge in [-0.1, -0.05) is 29.3 Å². The van der Waals surface area contributed by atoms with E-state index in [1.807, 2.05) is 12.1 Å². The number of nitrogens with two attached hydrogens (primary N) is 1. The van der Waals surface area contributed by atoms with Gasteiger partial charge >= 0.3 is 0 Å². The first-order valence-electron chi connectivity index (χ1n) is 6.91. The molecule has 104 valence electrons. The Balaban J connectivity index is 2.04. The zero-order chi connectivity index (χ0) is 14.1. The van der Waals surface area contributed by atoms with Crippen molar-refractivity contribution >= 4 is 23.1 Å². The maximum absolute atomic E-state index is 6.10. The summed E-state index contributed by atoms with van der Waals surface area (Å²) in [6.45, 7) is 3.47. The second kappa shape index (κ2) is 5.43. The van der Waals surface area contributed by atoms with Crippen molar-refractivity contribution in [2.24, 2.45) is 5.73 Å². The van der Waals surface area contributed by atoms with Crippen LogP contribution in [0.15, 0.2) is 30.3 Å². The number of nitrogens with zero attached hydrogens (tertiary/aromatic N) is 2. The minimum atomic E-state index is 0.362. The van der Waals surface area contributed by atoms with E-state index in [1.54, 1.807) is 0 Å². The highest BCUT2D eigenvalue weighted by atomic mass is 35.5. The van der Waals surface area contributed by atoms with Gasteiger partial charge in [-0.3, -0.25) is 0 Å². The van der Waals surface area contributed by atoms with Gasteiger partial charge in [-0.15, -0.1) is 0 Å². The summed E-state index contributed by atoms with van der Waals surface area (Å²) in [6, 6.07) is 10.4. The molecule has 4 heteroatoms. The first-order valence-corrected chi connectivity index (χ1v) is 7.29. The molecular weight excluding hydrogens is 270 g/mol. The summed E-state index contributed by atoms with van der Waals surface area (Å²) in [5, 5.41) is 0.636. The second-order valence-electron chi connectivity index (χ2n) is 5.19. The van der Waals surface area contributed by atoms with Gasteiger partial charge in [-0.25, -0.2) is 4.98 Å². The fourth-order valence-electron chi connectivity index (χ4n) is 2.73. The Hall–Kier alpha value is -1.58. The Kier molecular flexibility index (Phi) is 3.64. The van der Waals surface area contributed by atoms with E-state index in [1.165, 1.54) is 16.8 Å².